The molecule has 11 nitrogen and oxygen atoms in total. The van der Waals surface area contributed by atoms with Crippen molar-refractivity contribution >= 4 is 26.2 Å². The molecule has 2 rings (SSSR count). The molecule has 1 aromatic rings. The lowest BCUT2D eigenvalue weighted by molar-refractivity contribution is -0.0123. The average molecular weight is 568 g/mol. The predicted molar refractivity (Wildman–Crippen MR) is 150 cm³/mol. The van der Waals surface area contributed by atoms with E-state index >= 15 is 0 Å². The van der Waals surface area contributed by atoms with Gasteiger partial charge < -0.3 is 29.1 Å². The van der Waals surface area contributed by atoms with Crippen LogP contribution in [0.5, 0.6) is 0 Å². The van der Waals surface area contributed by atoms with Crippen molar-refractivity contribution in [3.05, 3.63) is 33.7 Å². The number of rotatable bonds is 10. The van der Waals surface area contributed by atoms with Crippen LogP contribution in [0.15, 0.2) is 17.1 Å². The number of hydrogen-bond donors (Lipinski definition) is 1. The molecule has 2 amide bonds. The SMILES string of the molecule is CC(C)(C)OC(=O)N(Cc1cc(C(=O)O)cn(COCC[Si](C)(C)C)c1=O)CC1CN(C(=O)OC(C)(C)C)C1. The Balaban J connectivity index is 2.23. The molecule has 1 aromatic heterocycles. The standard InChI is InChI=1S/C27H45N3O8Si/c1-26(2,3)37-24(34)28-13-19(14-28)15-29(25(35)38-27(4,5)6)16-20-12-21(23(32)33)17-30(22(20)31)18-36-10-11-39(7,8)9/h12,17,19H,10-11,13-16,18H2,1-9H3,(H,32,33). The van der Waals surface area contributed by atoms with E-state index in [1.165, 1.54) is 21.7 Å². The van der Waals surface area contributed by atoms with Crippen molar-refractivity contribution in [2.75, 3.05) is 26.2 Å². The number of carbonyl (C=O) groups excluding carboxylic acids is 2. The van der Waals surface area contributed by atoms with E-state index in [4.69, 9.17) is 14.2 Å². The summed E-state index contributed by atoms with van der Waals surface area (Å²) in [5.41, 5.74) is -1.77. The van der Waals surface area contributed by atoms with Crippen molar-refractivity contribution in [3.63, 3.8) is 0 Å². The van der Waals surface area contributed by atoms with E-state index in [-0.39, 0.29) is 36.9 Å². The lowest BCUT2D eigenvalue weighted by Gasteiger charge is -2.41. The number of amides is 2. The van der Waals surface area contributed by atoms with Crippen molar-refractivity contribution in [1.82, 2.24) is 14.4 Å². The third-order valence-corrected chi connectivity index (χ3v) is 7.44. The zero-order valence-corrected chi connectivity index (χ0v) is 25.8. The molecule has 0 atom stereocenters. The lowest BCUT2D eigenvalue weighted by atomic mass is 10.00. The fourth-order valence-corrected chi connectivity index (χ4v) is 4.53. The number of carbonyl (C=O) groups is 3. The second kappa shape index (κ2) is 12.5. The smallest absolute Gasteiger partial charge is 0.410 e. The van der Waals surface area contributed by atoms with Crippen LogP contribution in [0.4, 0.5) is 9.59 Å². The molecule has 0 bridgehead atoms. The molecule has 0 aromatic carbocycles. The fraction of sp³-hybridized carbons (Fsp3) is 0.704. The first-order chi connectivity index (χ1) is 17.7. The van der Waals surface area contributed by atoms with Gasteiger partial charge in [-0.2, -0.15) is 0 Å². The van der Waals surface area contributed by atoms with Gasteiger partial charge in [0.05, 0.1) is 12.1 Å². The fourth-order valence-electron chi connectivity index (χ4n) is 3.77. The highest BCUT2D eigenvalue weighted by Crippen LogP contribution is 2.22. The molecular formula is C27H45N3O8Si. The van der Waals surface area contributed by atoms with Crippen LogP contribution in [0.2, 0.25) is 25.7 Å². The van der Waals surface area contributed by atoms with Gasteiger partial charge in [0.2, 0.25) is 0 Å². The molecule has 1 N–H and O–H groups in total. The summed E-state index contributed by atoms with van der Waals surface area (Å²) in [6, 6.07) is 2.19. The van der Waals surface area contributed by atoms with Gasteiger partial charge in [-0.15, -0.1) is 0 Å². The van der Waals surface area contributed by atoms with E-state index in [0.717, 1.165) is 6.04 Å². The maximum Gasteiger partial charge on any atom is 0.410 e. The van der Waals surface area contributed by atoms with Crippen LogP contribution in [0, 0.1) is 5.92 Å². The summed E-state index contributed by atoms with van der Waals surface area (Å²) in [5.74, 6) is -1.25. The molecular weight excluding hydrogens is 522 g/mol. The molecule has 0 aliphatic carbocycles. The van der Waals surface area contributed by atoms with Crippen LogP contribution < -0.4 is 5.56 Å². The van der Waals surface area contributed by atoms with Crippen molar-refractivity contribution in [2.24, 2.45) is 5.92 Å². The Bertz CT molecular complexity index is 1090. The van der Waals surface area contributed by atoms with E-state index in [2.05, 4.69) is 19.6 Å². The van der Waals surface area contributed by atoms with Gasteiger partial charge in [-0.3, -0.25) is 9.36 Å². The molecule has 0 radical (unpaired) electrons. The second-order valence-corrected chi connectivity index (χ2v) is 18.9. The van der Waals surface area contributed by atoms with Gasteiger partial charge in [-0.1, -0.05) is 19.6 Å². The molecule has 2 heterocycles. The number of hydrogen-bond acceptors (Lipinski definition) is 7. The minimum absolute atomic E-state index is 0.0557. The minimum atomic E-state index is -1.34. The second-order valence-electron chi connectivity index (χ2n) is 13.3. The van der Waals surface area contributed by atoms with Gasteiger partial charge >= 0.3 is 18.2 Å². The minimum Gasteiger partial charge on any atom is -0.478 e. The van der Waals surface area contributed by atoms with Crippen LogP contribution in [0.1, 0.15) is 57.5 Å². The first-order valence-corrected chi connectivity index (χ1v) is 16.9. The Kier molecular flexibility index (Phi) is 10.4. The molecule has 1 saturated heterocycles. The van der Waals surface area contributed by atoms with Gasteiger partial charge in [0.15, 0.2) is 0 Å². The number of likely N-dealkylation sites (tertiary alicyclic amines) is 1. The molecule has 0 saturated carbocycles. The molecule has 1 aliphatic heterocycles. The van der Waals surface area contributed by atoms with E-state index in [9.17, 15) is 24.3 Å². The lowest BCUT2D eigenvalue weighted by Crippen LogP contribution is -2.55. The number of aromatic nitrogens is 1. The molecule has 1 aliphatic rings. The van der Waals surface area contributed by atoms with E-state index in [1.807, 2.05) is 0 Å². The number of ether oxygens (including phenoxy) is 3. The maximum atomic E-state index is 13.3. The summed E-state index contributed by atoms with van der Waals surface area (Å²) >= 11 is 0. The zero-order chi connectivity index (χ0) is 29.8. The van der Waals surface area contributed by atoms with Gasteiger partial charge in [-0.05, 0) is 53.7 Å². The van der Waals surface area contributed by atoms with Crippen LogP contribution in [-0.4, -0.2) is 83.1 Å². The van der Waals surface area contributed by atoms with Crippen LogP contribution >= 0.6 is 0 Å². The quantitative estimate of drug-likeness (QED) is 0.324. The van der Waals surface area contributed by atoms with Gasteiger partial charge in [0, 0.05) is 52.0 Å². The summed E-state index contributed by atoms with van der Waals surface area (Å²) in [5, 5.41) is 9.65. The highest BCUT2D eigenvalue weighted by molar-refractivity contribution is 6.76. The summed E-state index contributed by atoms with van der Waals surface area (Å²) in [7, 11) is -1.34. The molecule has 39 heavy (non-hydrogen) atoms. The average Bonchev–Trinajstić information content (AvgIpc) is 2.70. The van der Waals surface area contributed by atoms with Crippen molar-refractivity contribution < 1.29 is 33.7 Å². The predicted octanol–water partition coefficient (Wildman–Crippen LogP) is 4.46. The van der Waals surface area contributed by atoms with Crippen molar-refractivity contribution in [2.45, 2.75) is 91.7 Å². The van der Waals surface area contributed by atoms with Crippen LogP contribution in [0.25, 0.3) is 0 Å². The van der Waals surface area contributed by atoms with Crippen LogP contribution in [0.3, 0.4) is 0 Å². The van der Waals surface area contributed by atoms with E-state index in [0.29, 0.717) is 19.7 Å². The Morgan fingerprint density at radius 3 is 2.15 bits per heavy atom. The molecule has 0 unspecified atom stereocenters. The number of carboxylic acid groups (broad SMARTS) is 1. The topological polar surface area (TPSA) is 128 Å². The highest BCUT2D eigenvalue weighted by atomic mass is 28.3. The summed E-state index contributed by atoms with van der Waals surface area (Å²) in [6.45, 7) is 18.5. The number of pyridine rings is 1. The summed E-state index contributed by atoms with van der Waals surface area (Å²) in [4.78, 5) is 53.5. The normalized spacial score (nSPS) is 14.5. The molecule has 220 valence electrons. The highest BCUT2D eigenvalue weighted by Gasteiger charge is 2.36. The first kappa shape index (κ1) is 32.3. The molecule has 12 heteroatoms. The number of aromatic carboxylic acids is 1. The largest absolute Gasteiger partial charge is 0.478 e. The van der Waals surface area contributed by atoms with Crippen molar-refractivity contribution in [3.8, 4) is 0 Å². The third-order valence-electron chi connectivity index (χ3n) is 5.73. The monoisotopic (exact) mass is 567 g/mol. The number of nitrogens with zero attached hydrogens (tertiary/aromatic N) is 3. The third kappa shape index (κ3) is 11.0. The van der Waals surface area contributed by atoms with Gasteiger partial charge in [-0.25, -0.2) is 14.4 Å². The zero-order valence-electron chi connectivity index (χ0n) is 24.8. The van der Waals surface area contributed by atoms with E-state index in [1.54, 1.807) is 46.4 Å². The Labute approximate surface area is 232 Å². The Morgan fingerprint density at radius 1 is 1.05 bits per heavy atom. The van der Waals surface area contributed by atoms with E-state index < -0.39 is 43.0 Å². The Morgan fingerprint density at radius 2 is 1.64 bits per heavy atom. The molecule has 1 fully saturated rings. The molecule has 0 spiro atoms. The van der Waals surface area contributed by atoms with Gasteiger partial charge in [0.25, 0.3) is 5.56 Å². The summed E-state index contributed by atoms with van der Waals surface area (Å²) < 4.78 is 17.9. The summed E-state index contributed by atoms with van der Waals surface area (Å²) in [6.07, 6.45) is 0.204. The van der Waals surface area contributed by atoms with Gasteiger partial charge in [0.1, 0.15) is 17.9 Å². The first-order valence-electron chi connectivity index (χ1n) is 13.2. The Hall–Kier alpha value is -2.86. The van der Waals surface area contributed by atoms with Crippen LogP contribution in [-0.2, 0) is 27.5 Å². The van der Waals surface area contributed by atoms with Crippen molar-refractivity contribution in [1.29, 1.82) is 0 Å². The number of carboxylic acids is 1. The maximum absolute atomic E-state index is 13.3.